The molecular weight excluding hydrogens is 281 g/mol. The maximum atomic E-state index is 13.2. The monoisotopic (exact) mass is 297 g/mol. The van der Waals surface area contributed by atoms with Crippen molar-refractivity contribution >= 4 is 11.9 Å². The molecule has 1 fully saturated rings. The molecular formula is C14H16FNO5. The summed E-state index contributed by atoms with van der Waals surface area (Å²) in [6.45, 7) is 1.15. The van der Waals surface area contributed by atoms with E-state index in [1.807, 2.05) is 0 Å². The van der Waals surface area contributed by atoms with E-state index in [2.05, 4.69) is 0 Å². The molecule has 7 heteroatoms. The summed E-state index contributed by atoms with van der Waals surface area (Å²) in [4.78, 5) is 24.7. The lowest BCUT2D eigenvalue weighted by molar-refractivity contribution is -0.155. The van der Waals surface area contributed by atoms with Gasteiger partial charge in [0.05, 0.1) is 13.2 Å². The van der Waals surface area contributed by atoms with Crippen LogP contribution in [-0.2, 0) is 19.1 Å². The van der Waals surface area contributed by atoms with Crippen molar-refractivity contribution in [3.8, 4) is 5.75 Å². The summed E-state index contributed by atoms with van der Waals surface area (Å²) < 4.78 is 28.1. The van der Waals surface area contributed by atoms with Crippen molar-refractivity contribution in [2.45, 2.75) is 0 Å². The lowest BCUT2D eigenvalue weighted by Crippen LogP contribution is -2.42. The van der Waals surface area contributed by atoms with E-state index in [4.69, 9.17) is 14.2 Å². The maximum absolute atomic E-state index is 13.2. The molecule has 1 amide bonds. The van der Waals surface area contributed by atoms with Crippen LogP contribution in [-0.4, -0.2) is 56.3 Å². The van der Waals surface area contributed by atoms with Gasteiger partial charge in [0.2, 0.25) is 0 Å². The molecule has 0 N–H and O–H groups in total. The molecule has 1 aliphatic heterocycles. The van der Waals surface area contributed by atoms with E-state index in [1.165, 1.54) is 18.2 Å². The minimum absolute atomic E-state index is 0.0334. The molecule has 0 aliphatic carbocycles. The van der Waals surface area contributed by atoms with Gasteiger partial charge < -0.3 is 19.1 Å². The number of rotatable bonds is 5. The van der Waals surface area contributed by atoms with Crippen LogP contribution in [0.2, 0.25) is 0 Å². The van der Waals surface area contributed by atoms with Gasteiger partial charge in [0, 0.05) is 13.1 Å². The Bertz CT molecular complexity index is 502. The number of ether oxygens (including phenoxy) is 3. The van der Waals surface area contributed by atoms with Gasteiger partial charge >= 0.3 is 5.97 Å². The lowest BCUT2D eigenvalue weighted by atomic mass is 10.3. The van der Waals surface area contributed by atoms with Crippen LogP contribution in [0.4, 0.5) is 4.39 Å². The Kier molecular flexibility index (Phi) is 5.51. The minimum atomic E-state index is -0.722. The number of hydrogen-bond donors (Lipinski definition) is 0. The fraction of sp³-hybridized carbons (Fsp3) is 0.429. The summed E-state index contributed by atoms with van der Waals surface area (Å²) in [5.74, 6) is -1.60. The van der Waals surface area contributed by atoms with E-state index in [9.17, 15) is 14.0 Å². The Labute approximate surface area is 121 Å². The second-order valence-corrected chi connectivity index (χ2v) is 4.37. The first-order valence-corrected chi connectivity index (χ1v) is 6.55. The Morgan fingerprint density at radius 1 is 1.19 bits per heavy atom. The predicted molar refractivity (Wildman–Crippen MR) is 70.3 cm³/mol. The highest BCUT2D eigenvalue weighted by Crippen LogP contribution is 2.15. The summed E-state index contributed by atoms with van der Waals surface area (Å²) in [6, 6.07) is 5.73. The van der Waals surface area contributed by atoms with Crippen molar-refractivity contribution in [1.82, 2.24) is 4.90 Å². The van der Waals surface area contributed by atoms with Crippen LogP contribution in [0.25, 0.3) is 0 Å². The zero-order chi connectivity index (χ0) is 15.1. The third kappa shape index (κ3) is 4.71. The summed E-state index contributed by atoms with van der Waals surface area (Å²) in [5.41, 5.74) is 0. The molecule has 0 atom stereocenters. The molecule has 0 bridgehead atoms. The number of carbonyl (C=O) groups is 2. The van der Waals surface area contributed by atoms with Crippen LogP contribution in [0.3, 0.4) is 0 Å². The van der Waals surface area contributed by atoms with Gasteiger partial charge in [-0.05, 0) is 12.1 Å². The molecule has 1 aromatic carbocycles. The topological polar surface area (TPSA) is 65.1 Å². The number of para-hydroxylation sites is 1. The molecule has 0 spiro atoms. The highest BCUT2D eigenvalue weighted by atomic mass is 19.1. The maximum Gasteiger partial charge on any atom is 0.344 e. The summed E-state index contributed by atoms with van der Waals surface area (Å²) in [7, 11) is 0. The molecule has 1 aliphatic rings. The smallest absolute Gasteiger partial charge is 0.344 e. The van der Waals surface area contributed by atoms with Gasteiger partial charge in [-0.1, -0.05) is 12.1 Å². The summed E-state index contributed by atoms with van der Waals surface area (Å²) >= 11 is 0. The summed E-state index contributed by atoms with van der Waals surface area (Å²) in [6.07, 6.45) is 0. The van der Waals surface area contributed by atoms with Gasteiger partial charge in [-0.25, -0.2) is 9.18 Å². The van der Waals surface area contributed by atoms with Gasteiger partial charge in [-0.2, -0.15) is 0 Å². The number of halogens is 1. The molecule has 0 radical (unpaired) electrons. The van der Waals surface area contributed by atoms with Crippen LogP contribution in [0.5, 0.6) is 5.75 Å². The Hall–Kier alpha value is -2.15. The third-order valence-electron chi connectivity index (χ3n) is 2.90. The average molecular weight is 297 g/mol. The van der Waals surface area contributed by atoms with E-state index in [-0.39, 0.29) is 18.3 Å². The molecule has 0 unspecified atom stereocenters. The van der Waals surface area contributed by atoms with Gasteiger partial charge in [0.1, 0.15) is 0 Å². The Balaban J connectivity index is 1.70. The predicted octanol–water partition coefficient (Wildman–Crippen LogP) is 0.606. The number of hydrogen-bond acceptors (Lipinski definition) is 5. The average Bonchev–Trinajstić information content (AvgIpc) is 2.52. The number of benzene rings is 1. The highest BCUT2D eigenvalue weighted by molar-refractivity contribution is 5.81. The molecule has 1 saturated heterocycles. The van der Waals surface area contributed by atoms with Crippen LogP contribution >= 0.6 is 0 Å². The Morgan fingerprint density at radius 3 is 2.62 bits per heavy atom. The van der Waals surface area contributed by atoms with E-state index < -0.39 is 18.4 Å². The zero-order valence-electron chi connectivity index (χ0n) is 11.4. The largest absolute Gasteiger partial charge is 0.479 e. The molecule has 1 aromatic rings. The molecule has 114 valence electrons. The number of morpholine rings is 1. The molecule has 1 heterocycles. The number of esters is 1. The highest BCUT2D eigenvalue weighted by Gasteiger charge is 2.18. The second-order valence-electron chi connectivity index (χ2n) is 4.37. The first-order chi connectivity index (χ1) is 10.2. The van der Waals surface area contributed by atoms with Crippen molar-refractivity contribution in [1.29, 1.82) is 0 Å². The van der Waals surface area contributed by atoms with Crippen molar-refractivity contribution in [3.63, 3.8) is 0 Å². The minimum Gasteiger partial charge on any atom is -0.479 e. The van der Waals surface area contributed by atoms with Crippen LogP contribution in [0.1, 0.15) is 0 Å². The van der Waals surface area contributed by atoms with Gasteiger partial charge in [0.15, 0.2) is 24.8 Å². The molecule has 6 nitrogen and oxygen atoms in total. The zero-order valence-corrected chi connectivity index (χ0v) is 11.4. The van der Waals surface area contributed by atoms with E-state index in [0.29, 0.717) is 26.3 Å². The second kappa shape index (κ2) is 7.58. The van der Waals surface area contributed by atoms with Crippen molar-refractivity contribution < 1.29 is 28.2 Å². The SMILES string of the molecule is O=C(COc1ccccc1F)OCC(=O)N1CCOCC1. The van der Waals surface area contributed by atoms with Gasteiger partial charge in [0.25, 0.3) is 5.91 Å². The molecule has 21 heavy (non-hydrogen) atoms. The quantitative estimate of drug-likeness (QED) is 0.745. The third-order valence-corrected chi connectivity index (χ3v) is 2.90. The van der Waals surface area contributed by atoms with E-state index >= 15 is 0 Å². The van der Waals surface area contributed by atoms with Crippen molar-refractivity contribution in [3.05, 3.63) is 30.1 Å². The molecule has 0 saturated carbocycles. The first-order valence-electron chi connectivity index (χ1n) is 6.55. The fourth-order valence-corrected chi connectivity index (χ4v) is 1.79. The van der Waals surface area contributed by atoms with Crippen molar-refractivity contribution in [2.24, 2.45) is 0 Å². The van der Waals surface area contributed by atoms with Gasteiger partial charge in [-0.15, -0.1) is 0 Å². The van der Waals surface area contributed by atoms with Crippen LogP contribution < -0.4 is 4.74 Å². The molecule has 0 aromatic heterocycles. The van der Waals surface area contributed by atoms with Gasteiger partial charge in [-0.3, -0.25) is 4.79 Å². The van der Waals surface area contributed by atoms with Crippen LogP contribution in [0, 0.1) is 5.82 Å². The first kappa shape index (κ1) is 15.2. The normalized spacial score (nSPS) is 14.6. The van der Waals surface area contributed by atoms with Crippen LogP contribution in [0.15, 0.2) is 24.3 Å². The Morgan fingerprint density at radius 2 is 1.90 bits per heavy atom. The number of carbonyl (C=O) groups excluding carboxylic acids is 2. The van der Waals surface area contributed by atoms with Crippen molar-refractivity contribution in [2.75, 3.05) is 39.5 Å². The number of amides is 1. The molecule has 2 rings (SSSR count). The van der Waals surface area contributed by atoms with E-state index in [1.54, 1.807) is 11.0 Å². The number of nitrogens with zero attached hydrogens (tertiary/aromatic N) is 1. The summed E-state index contributed by atoms with van der Waals surface area (Å²) in [5, 5.41) is 0. The standard InChI is InChI=1S/C14H16FNO5/c15-11-3-1-2-4-12(11)20-10-14(18)21-9-13(17)16-5-7-19-8-6-16/h1-4H,5-10H2. The fourth-order valence-electron chi connectivity index (χ4n) is 1.79. The lowest BCUT2D eigenvalue weighted by Gasteiger charge is -2.26. The van der Waals surface area contributed by atoms with E-state index in [0.717, 1.165) is 0 Å².